The molecule has 1 atom stereocenters. The van der Waals surface area contributed by atoms with Crippen molar-refractivity contribution in [1.82, 2.24) is 5.32 Å². The van der Waals surface area contributed by atoms with E-state index in [9.17, 15) is 24.0 Å². The molecule has 0 bridgehead atoms. The van der Waals surface area contributed by atoms with Gasteiger partial charge in [-0.3, -0.25) is 9.59 Å². The summed E-state index contributed by atoms with van der Waals surface area (Å²) in [7, 11) is 0. The van der Waals surface area contributed by atoms with Gasteiger partial charge in [0.25, 0.3) is 5.91 Å². The van der Waals surface area contributed by atoms with E-state index in [-0.39, 0.29) is 35.7 Å². The Kier molecular flexibility index (Phi) is 15.7. The first kappa shape index (κ1) is 46.9. The lowest BCUT2D eigenvalue weighted by molar-refractivity contribution is -0.164. The Bertz CT molecular complexity index is 2250. The van der Waals surface area contributed by atoms with Crippen molar-refractivity contribution in [3.05, 3.63) is 136 Å². The third-order valence-electron chi connectivity index (χ3n) is 8.15. The molecule has 2 amide bonds. The number of nitrogens with one attached hydrogen (secondary N) is 1. The Balaban J connectivity index is 1.82. The lowest BCUT2D eigenvalue weighted by atomic mass is 9.98. The van der Waals surface area contributed by atoms with E-state index in [0.717, 1.165) is 11.1 Å². The smallest absolute Gasteiger partial charge is 0.436 e. The van der Waals surface area contributed by atoms with Crippen LogP contribution in [-0.4, -0.2) is 58.6 Å². The van der Waals surface area contributed by atoms with Crippen LogP contribution in [0.2, 0.25) is 0 Å². The Morgan fingerprint density at radius 1 is 0.672 bits per heavy atom. The SMILES string of the molecule is CC(C)(C)OC(=O)CC(NC(=O)c1cccc(C(=O)OCc2ccccc2)c1C=Cc1cc(C(N)=NC(=O)OC(C)(C)C)ccc1OCc1ccccc1)C(=O)OC(C)(C)C. The minimum absolute atomic E-state index is 0.0229. The second kappa shape index (κ2) is 20.5. The van der Waals surface area contributed by atoms with Crippen molar-refractivity contribution in [3.8, 4) is 5.75 Å². The normalized spacial score (nSPS) is 12.6. The molecule has 4 rings (SSSR count). The zero-order valence-corrected chi connectivity index (χ0v) is 36.2. The highest BCUT2D eigenvalue weighted by atomic mass is 16.6. The molecule has 13 heteroatoms. The fourth-order valence-electron chi connectivity index (χ4n) is 5.60. The summed E-state index contributed by atoms with van der Waals surface area (Å²) in [6.07, 6.45) is 1.74. The molecular weight excluding hydrogens is 779 g/mol. The van der Waals surface area contributed by atoms with Crippen molar-refractivity contribution in [2.45, 2.75) is 105 Å². The molecule has 0 aromatic heterocycles. The second-order valence-electron chi connectivity index (χ2n) is 17.0. The molecule has 4 aromatic rings. The van der Waals surface area contributed by atoms with E-state index >= 15 is 0 Å². The number of rotatable bonds is 14. The van der Waals surface area contributed by atoms with Gasteiger partial charge in [0.05, 0.1) is 12.0 Å². The summed E-state index contributed by atoms with van der Waals surface area (Å²) in [4.78, 5) is 71.0. The van der Waals surface area contributed by atoms with Crippen LogP contribution in [0.4, 0.5) is 4.79 Å². The molecule has 13 nitrogen and oxygen atoms in total. The van der Waals surface area contributed by atoms with Crippen LogP contribution in [-0.2, 0) is 41.8 Å². The van der Waals surface area contributed by atoms with Crippen LogP contribution in [0.1, 0.15) is 117 Å². The minimum atomic E-state index is -1.45. The van der Waals surface area contributed by atoms with Gasteiger partial charge in [-0.15, -0.1) is 0 Å². The number of nitrogens with two attached hydrogens (primary N) is 1. The van der Waals surface area contributed by atoms with Crippen molar-refractivity contribution in [3.63, 3.8) is 0 Å². The van der Waals surface area contributed by atoms with Gasteiger partial charge in [0.15, 0.2) is 0 Å². The maximum Gasteiger partial charge on any atom is 0.436 e. The molecule has 0 aliphatic carbocycles. The summed E-state index contributed by atoms with van der Waals surface area (Å²) in [5.41, 5.74) is 6.22. The third-order valence-corrected chi connectivity index (χ3v) is 8.15. The van der Waals surface area contributed by atoms with E-state index in [1.165, 1.54) is 24.3 Å². The molecule has 322 valence electrons. The number of amides is 2. The fraction of sp³-hybridized carbons (Fsp3) is 0.333. The van der Waals surface area contributed by atoms with Gasteiger partial charge >= 0.3 is 24.0 Å². The summed E-state index contributed by atoms with van der Waals surface area (Å²) in [5, 5.41) is 2.64. The molecule has 0 saturated carbocycles. The second-order valence-corrected chi connectivity index (χ2v) is 17.0. The Morgan fingerprint density at radius 2 is 1.25 bits per heavy atom. The quantitative estimate of drug-likeness (QED) is 0.0408. The van der Waals surface area contributed by atoms with Crippen LogP contribution >= 0.6 is 0 Å². The summed E-state index contributed by atoms with van der Waals surface area (Å²) >= 11 is 0. The number of hydrogen-bond donors (Lipinski definition) is 2. The largest absolute Gasteiger partial charge is 0.488 e. The van der Waals surface area contributed by atoms with Crippen molar-refractivity contribution < 1.29 is 47.7 Å². The summed E-state index contributed by atoms with van der Waals surface area (Å²) in [5.74, 6) is -2.85. The van der Waals surface area contributed by atoms with Crippen LogP contribution in [0, 0.1) is 0 Å². The average molecular weight is 834 g/mol. The molecule has 0 aliphatic rings. The molecular formula is C48H55N3O10. The standard InChI is InChI=1S/C48H55N3O10/c1-46(2,3)59-40(52)28-38(44(55)60-47(4,5)6)50-42(53)36-21-16-22-37(43(54)58-30-32-19-14-11-15-20-32)35(36)25-23-33-27-34(41(49)51-45(56)61-48(7,8)9)24-26-39(33)57-29-31-17-12-10-13-18-31/h10-27,38H,28-30H2,1-9H3,(H,50,53)(H2,49,51,56). The molecule has 61 heavy (non-hydrogen) atoms. The highest BCUT2D eigenvalue weighted by Crippen LogP contribution is 2.27. The number of nitrogens with zero attached hydrogens (tertiary/aromatic N) is 1. The predicted molar refractivity (Wildman–Crippen MR) is 233 cm³/mol. The van der Waals surface area contributed by atoms with Crippen molar-refractivity contribution >= 4 is 47.9 Å². The van der Waals surface area contributed by atoms with E-state index in [0.29, 0.717) is 16.9 Å². The van der Waals surface area contributed by atoms with Gasteiger partial charge in [-0.25, -0.2) is 14.4 Å². The number of hydrogen-bond acceptors (Lipinski definition) is 10. The molecule has 3 N–H and O–H groups in total. The lowest BCUT2D eigenvalue weighted by Crippen LogP contribution is -2.46. The van der Waals surface area contributed by atoms with Crippen LogP contribution in [0.5, 0.6) is 5.75 Å². The van der Waals surface area contributed by atoms with Gasteiger partial charge in [0, 0.05) is 22.3 Å². The number of benzene rings is 4. The zero-order chi connectivity index (χ0) is 45.0. The van der Waals surface area contributed by atoms with Gasteiger partial charge in [-0.2, -0.15) is 4.99 Å². The highest BCUT2D eigenvalue weighted by Gasteiger charge is 2.32. The summed E-state index contributed by atoms with van der Waals surface area (Å²) in [6, 6.07) is 26.5. The molecule has 0 aliphatic heterocycles. The maximum absolute atomic E-state index is 14.3. The molecule has 0 saturated heterocycles. The lowest BCUT2D eigenvalue weighted by Gasteiger charge is -2.26. The van der Waals surface area contributed by atoms with Crippen molar-refractivity contribution in [2.24, 2.45) is 10.7 Å². The highest BCUT2D eigenvalue weighted by molar-refractivity contribution is 6.06. The number of aliphatic imine (C=N–C) groups is 1. The number of esters is 3. The number of amidine groups is 1. The zero-order valence-electron chi connectivity index (χ0n) is 36.2. The Labute approximate surface area is 357 Å². The van der Waals surface area contributed by atoms with E-state index in [1.54, 1.807) is 98.7 Å². The number of ether oxygens (including phenoxy) is 5. The third kappa shape index (κ3) is 15.7. The minimum Gasteiger partial charge on any atom is -0.488 e. The predicted octanol–water partition coefficient (Wildman–Crippen LogP) is 8.61. The first-order valence-corrected chi connectivity index (χ1v) is 19.7. The van der Waals surface area contributed by atoms with Crippen LogP contribution in [0.3, 0.4) is 0 Å². The molecule has 4 aromatic carbocycles. The monoisotopic (exact) mass is 833 g/mol. The van der Waals surface area contributed by atoms with Gasteiger partial charge in [0.1, 0.15) is 47.6 Å². The van der Waals surface area contributed by atoms with Gasteiger partial charge < -0.3 is 34.7 Å². The molecule has 1 unspecified atom stereocenters. The van der Waals surface area contributed by atoms with Crippen LogP contribution < -0.4 is 15.8 Å². The molecule has 0 heterocycles. The summed E-state index contributed by atoms with van der Waals surface area (Å²) in [6.45, 7) is 15.3. The topological polar surface area (TPSA) is 182 Å². The van der Waals surface area contributed by atoms with Gasteiger partial charge in [0.2, 0.25) is 0 Å². The summed E-state index contributed by atoms with van der Waals surface area (Å²) < 4.78 is 28.3. The van der Waals surface area contributed by atoms with E-state index in [4.69, 9.17) is 29.4 Å². The number of carbonyl (C=O) groups is 5. The van der Waals surface area contributed by atoms with Crippen molar-refractivity contribution in [2.75, 3.05) is 0 Å². The van der Waals surface area contributed by atoms with Gasteiger partial charge in [-0.05, 0) is 104 Å². The fourth-order valence-corrected chi connectivity index (χ4v) is 5.60. The first-order chi connectivity index (χ1) is 28.6. The molecule has 0 fully saturated rings. The Hall–Kier alpha value is -6.76. The maximum atomic E-state index is 14.3. The molecule has 0 spiro atoms. The number of carbonyl (C=O) groups excluding carboxylic acids is 5. The van der Waals surface area contributed by atoms with Crippen LogP contribution in [0.25, 0.3) is 12.2 Å². The molecule has 0 radical (unpaired) electrons. The van der Waals surface area contributed by atoms with E-state index in [1.807, 2.05) is 48.5 Å². The van der Waals surface area contributed by atoms with Gasteiger partial charge in [-0.1, -0.05) is 78.9 Å². The Morgan fingerprint density at radius 3 is 1.84 bits per heavy atom. The van der Waals surface area contributed by atoms with Crippen molar-refractivity contribution in [1.29, 1.82) is 0 Å². The average Bonchev–Trinajstić information content (AvgIpc) is 3.16. The van der Waals surface area contributed by atoms with Crippen LogP contribution in [0.15, 0.2) is 102 Å². The van der Waals surface area contributed by atoms with E-state index in [2.05, 4.69) is 10.3 Å². The first-order valence-electron chi connectivity index (χ1n) is 19.7. The van der Waals surface area contributed by atoms with E-state index < -0.39 is 59.2 Å².